The fourth-order valence-corrected chi connectivity index (χ4v) is 5.03. The first-order chi connectivity index (χ1) is 15.7. The van der Waals surface area contributed by atoms with Crippen LogP contribution in [0.5, 0.6) is 0 Å². The molecule has 1 aliphatic rings. The van der Waals surface area contributed by atoms with Crippen LogP contribution >= 0.6 is 11.3 Å². The van der Waals surface area contributed by atoms with E-state index in [1.54, 1.807) is 0 Å². The van der Waals surface area contributed by atoms with Gasteiger partial charge < -0.3 is 15.5 Å². The van der Waals surface area contributed by atoms with E-state index in [9.17, 15) is 18.0 Å². The van der Waals surface area contributed by atoms with Gasteiger partial charge in [-0.25, -0.2) is 15.0 Å². The number of anilines is 1. The summed E-state index contributed by atoms with van der Waals surface area (Å²) in [7, 11) is 2.02. The maximum absolute atomic E-state index is 13.1. The van der Waals surface area contributed by atoms with Gasteiger partial charge in [0.2, 0.25) is 5.91 Å². The van der Waals surface area contributed by atoms with E-state index >= 15 is 0 Å². The van der Waals surface area contributed by atoms with E-state index in [1.807, 2.05) is 25.2 Å². The number of fused-ring (bicyclic) bond motifs is 1. The van der Waals surface area contributed by atoms with Gasteiger partial charge in [-0.15, -0.1) is 11.3 Å². The predicted molar refractivity (Wildman–Crippen MR) is 121 cm³/mol. The standard InChI is InChI=1S/C22H25F3N6OS/c1-30(11-12-31-9-3-2-4-10-31)14-5-6-15-16(13-14)33-21(28-15)18(19(26)32)20-27-8-7-17(29-20)22(23,24)25/h5-8,13,18H,2-4,9-12H2,1H3,(H2,26,32). The van der Waals surface area contributed by atoms with Crippen molar-refractivity contribution in [2.45, 2.75) is 31.4 Å². The predicted octanol–water partition coefficient (Wildman–Crippen LogP) is 3.64. The number of halogens is 3. The Labute approximate surface area is 193 Å². The first-order valence-corrected chi connectivity index (χ1v) is 11.6. The van der Waals surface area contributed by atoms with E-state index in [2.05, 4.69) is 24.8 Å². The van der Waals surface area contributed by atoms with Crippen molar-refractivity contribution in [3.63, 3.8) is 0 Å². The quantitative estimate of drug-likeness (QED) is 0.558. The van der Waals surface area contributed by atoms with E-state index < -0.39 is 23.7 Å². The summed E-state index contributed by atoms with van der Waals surface area (Å²) in [5.41, 5.74) is 6.04. The zero-order valence-electron chi connectivity index (χ0n) is 18.2. The van der Waals surface area contributed by atoms with Crippen LogP contribution in [0.2, 0.25) is 0 Å². The average Bonchev–Trinajstić information content (AvgIpc) is 3.20. The minimum Gasteiger partial charge on any atom is -0.373 e. The number of thiazole rings is 1. The first-order valence-electron chi connectivity index (χ1n) is 10.8. The smallest absolute Gasteiger partial charge is 0.373 e. The SMILES string of the molecule is CN(CCN1CCCCC1)c1ccc2nc(C(C(N)=O)c3nccc(C(F)(F)F)n3)sc2c1. The Kier molecular flexibility index (Phi) is 6.80. The molecule has 4 rings (SSSR count). The van der Waals surface area contributed by atoms with Gasteiger partial charge in [0.25, 0.3) is 0 Å². The maximum Gasteiger partial charge on any atom is 0.433 e. The number of rotatable bonds is 7. The van der Waals surface area contributed by atoms with Crippen molar-refractivity contribution in [1.82, 2.24) is 19.9 Å². The number of hydrogen-bond donors (Lipinski definition) is 1. The number of amides is 1. The number of carbonyl (C=O) groups excluding carboxylic acids is 1. The molecule has 0 aliphatic carbocycles. The number of aromatic nitrogens is 3. The van der Waals surface area contributed by atoms with Crippen LogP contribution < -0.4 is 10.6 Å². The minimum atomic E-state index is -4.65. The van der Waals surface area contributed by atoms with Gasteiger partial charge >= 0.3 is 6.18 Å². The van der Waals surface area contributed by atoms with Gasteiger partial charge in [-0.05, 0) is 50.2 Å². The second kappa shape index (κ2) is 9.60. The van der Waals surface area contributed by atoms with Gasteiger partial charge in [0.15, 0.2) is 0 Å². The summed E-state index contributed by atoms with van der Waals surface area (Å²) in [6.45, 7) is 4.13. The summed E-state index contributed by atoms with van der Waals surface area (Å²) in [5, 5.41) is 0.268. The summed E-state index contributed by atoms with van der Waals surface area (Å²) in [4.78, 5) is 28.7. The Hall–Kier alpha value is -2.79. The minimum absolute atomic E-state index is 0.268. The van der Waals surface area contributed by atoms with Crippen LogP contribution in [0.25, 0.3) is 10.2 Å². The summed E-state index contributed by atoms with van der Waals surface area (Å²) in [5.74, 6) is -2.42. The number of carbonyl (C=O) groups is 1. The van der Waals surface area contributed by atoms with E-state index in [1.165, 1.54) is 30.6 Å². The van der Waals surface area contributed by atoms with Crippen LogP contribution in [-0.4, -0.2) is 59.0 Å². The Bertz CT molecular complexity index is 1130. The topological polar surface area (TPSA) is 88.2 Å². The number of nitrogens with zero attached hydrogens (tertiary/aromatic N) is 5. The van der Waals surface area contributed by atoms with Crippen molar-refractivity contribution < 1.29 is 18.0 Å². The van der Waals surface area contributed by atoms with E-state index in [4.69, 9.17) is 5.73 Å². The van der Waals surface area contributed by atoms with Crippen LogP contribution in [0.4, 0.5) is 18.9 Å². The number of alkyl halides is 3. The highest BCUT2D eigenvalue weighted by atomic mass is 32.1. The molecular weight excluding hydrogens is 453 g/mol. The molecule has 33 heavy (non-hydrogen) atoms. The van der Waals surface area contributed by atoms with E-state index in [0.29, 0.717) is 5.52 Å². The van der Waals surface area contributed by atoms with Gasteiger partial charge in [0, 0.05) is 32.0 Å². The molecule has 1 aliphatic heterocycles. The monoisotopic (exact) mass is 478 g/mol. The summed E-state index contributed by atoms with van der Waals surface area (Å²) in [6, 6.07) is 6.51. The van der Waals surface area contributed by atoms with E-state index in [0.717, 1.165) is 48.8 Å². The van der Waals surface area contributed by atoms with Crippen LogP contribution in [-0.2, 0) is 11.0 Å². The number of piperidine rings is 1. The van der Waals surface area contributed by atoms with Crippen molar-refractivity contribution in [2.24, 2.45) is 5.73 Å². The Balaban J connectivity index is 1.57. The molecule has 11 heteroatoms. The number of hydrogen-bond acceptors (Lipinski definition) is 7. The third-order valence-electron chi connectivity index (χ3n) is 5.78. The molecule has 0 spiro atoms. The van der Waals surface area contributed by atoms with Crippen LogP contribution in [0.15, 0.2) is 30.5 Å². The second-order valence-corrected chi connectivity index (χ2v) is 9.22. The molecule has 176 valence electrons. The molecule has 3 heterocycles. The van der Waals surface area contributed by atoms with Gasteiger partial charge in [-0.2, -0.15) is 13.2 Å². The highest BCUT2D eigenvalue weighted by molar-refractivity contribution is 7.18. The summed E-state index contributed by atoms with van der Waals surface area (Å²) in [6.07, 6.45) is 0.116. The van der Waals surface area contributed by atoms with Crippen molar-refractivity contribution in [1.29, 1.82) is 0 Å². The third kappa shape index (κ3) is 5.41. The number of likely N-dealkylation sites (tertiary alicyclic amines) is 1. The number of likely N-dealkylation sites (N-methyl/N-ethyl adjacent to an activating group) is 1. The molecule has 1 atom stereocenters. The Morgan fingerprint density at radius 2 is 1.97 bits per heavy atom. The van der Waals surface area contributed by atoms with Crippen LogP contribution in [0.3, 0.4) is 0 Å². The van der Waals surface area contributed by atoms with Gasteiger partial charge in [-0.3, -0.25) is 4.79 Å². The summed E-state index contributed by atoms with van der Waals surface area (Å²) >= 11 is 1.21. The summed E-state index contributed by atoms with van der Waals surface area (Å²) < 4.78 is 40.0. The lowest BCUT2D eigenvalue weighted by Crippen LogP contribution is -2.36. The molecular formula is C22H25F3N6OS. The molecule has 0 radical (unpaired) electrons. The molecule has 2 aromatic heterocycles. The van der Waals surface area contributed by atoms with Crippen LogP contribution in [0, 0.1) is 0 Å². The highest BCUT2D eigenvalue weighted by Gasteiger charge is 2.35. The highest BCUT2D eigenvalue weighted by Crippen LogP contribution is 2.34. The van der Waals surface area contributed by atoms with Crippen LogP contribution in [0.1, 0.15) is 41.7 Å². The largest absolute Gasteiger partial charge is 0.433 e. The molecule has 1 fully saturated rings. The fraction of sp³-hybridized carbons (Fsp3) is 0.455. The number of nitrogens with two attached hydrogens (primary N) is 1. The Morgan fingerprint density at radius 3 is 2.67 bits per heavy atom. The van der Waals surface area contributed by atoms with Crippen molar-refractivity contribution in [3.05, 3.63) is 47.0 Å². The zero-order chi connectivity index (χ0) is 23.6. The molecule has 1 aromatic carbocycles. The molecule has 7 nitrogen and oxygen atoms in total. The number of benzene rings is 1. The molecule has 1 amide bonds. The van der Waals surface area contributed by atoms with Crippen molar-refractivity contribution in [3.8, 4) is 0 Å². The third-order valence-corrected chi connectivity index (χ3v) is 6.87. The second-order valence-electron chi connectivity index (χ2n) is 8.16. The molecule has 0 bridgehead atoms. The molecule has 3 aromatic rings. The first kappa shape index (κ1) is 23.4. The maximum atomic E-state index is 13.1. The Morgan fingerprint density at radius 1 is 1.21 bits per heavy atom. The van der Waals surface area contributed by atoms with E-state index in [-0.39, 0.29) is 10.8 Å². The number of primary amides is 1. The molecule has 1 unspecified atom stereocenters. The lowest BCUT2D eigenvalue weighted by molar-refractivity contribution is -0.141. The average molecular weight is 479 g/mol. The lowest BCUT2D eigenvalue weighted by Gasteiger charge is -2.29. The van der Waals surface area contributed by atoms with Gasteiger partial charge in [-0.1, -0.05) is 6.42 Å². The fourth-order valence-electron chi connectivity index (χ4n) is 3.93. The lowest BCUT2D eigenvalue weighted by atomic mass is 10.1. The van der Waals surface area contributed by atoms with Crippen molar-refractivity contribution >= 4 is 33.1 Å². The molecule has 0 saturated carbocycles. The zero-order valence-corrected chi connectivity index (χ0v) is 19.0. The van der Waals surface area contributed by atoms with Crippen molar-refractivity contribution in [2.75, 3.05) is 38.1 Å². The van der Waals surface area contributed by atoms with Gasteiger partial charge in [0.1, 0.15) is 22.4 Å². The molecule has 1 saturated heterocycles. The normalized spacial score (nSPS) is 16.1. The molecule has 2 N–H and O–H groups in total. The van der Waals surface area contributed by atoms with Gasteiger partial charge in [0.05, 0.1) is 10.2 Å².